The summed E-state index contributed by atoms with van der Waals surface area (Å²) in [5.41, 5.74) is 9.12. The summed E-state index contributed by atoms with van der Waals surface area (Å²) in [7, 11) is -21.2. The smallest absolute Gasteiger partial charge is 0.744 e. The zero-order valence-electron chi connectivity index (χ0n) is 36.8. The number of nitrogens with two attached hydrogens (primary N) is 2. The summed E-state index contributed by atoms with van der Waals surface area (Å²) in [5.74, 6) is -1.81. The molecular weight excluding hydrogens is 1060 g/mol. The van der Waals surface area contributed by atoms with Crippen LogP contribution in [0.2, 0.25) is 0 Å². The summed E-state index contributed by atoms with van der Waals surface area (Å²) in [5, 5.41) is 55.1. The number of anilines is 2. The molecule has 6 N–H and O–H groups in total. The molecule has 0 unspecified atom stereocenters. The topological polar surface area (TPSA) is 439 Å². The van der Waals surface area contributed by atoms with Crippen LogP contribution >= 0.6 is 0 Å². The fraction of sp³-hybridized carbons (Fsp3) is 0. The average molecular weight is 1080 g/mol. The molecule has 0 spiro atoms. The molecule has 33 heteroatoms. The summed E-state index contributed by atoms with van der Waals surface area (Å²) in [6.07, 6.45) is 0. The van der Waals surface area contributed by atoms with E-state index >= 15 is 0 Å². The third-order valence-corrected chi connectivity index (χ3v) is 12.9. The van der Waals surface area contributed by atoms with Gasteiger partial charge in [-0.3, -0.25) is 10.1 Å². The molecule has 0 amide bonds. The molecule has 0 atom stereocenters. The molecular formula is C38H23N9Na4O16S4. The molecule has 0 aromatic heterocycles. The summed E-state index contributed by atoms with van der Waals surface area (Å²) in [6, 6.07) is 19.4. The number of aromatic hydroxyl groups is 2. The van der Waals surface area contributed by atoms with Gasteiger partial charge < -0.3 is 39.9 Å². The van der Waals surface area contributed by atoms with Gasteiger partial charge >= 0.3 is 118 Å². The van der Waals surface area contributed by atoms with Crippen LogP contribution in [-0.2, 0) is 40.5 Å². The van der Waals surface area contributed by atoms with Gasteiger partial charge in [-0.05, 0) is 83.2 Å². The Morgan fingerprint density at radius 1 is 0.465 bits per heavy atom. The maximum Gasteiger partial charge on any atom is 1.00 e. The van der Waals surface area contributed by atoms with Crippen LogP contribution in [0.4, 0.5) is 51.2 Å². The van der Waals surface area contributed by atoms with E-state index in [-0.39, 0.29) is 157 Å². The quantitative estimate of drug-likeness (QED) is 0.0222. The number of fused-ring (bicyclic) bond motifs is 2. The molecule has 0 aliphatic carbocycles. The Labute approximate surface area is 489 Å². The Morgan fingerprint density at radius 2 is 0.944 bits per heavy atom. The third kappa shape index (κ3) is 13.6. The Morgan fingerprint density at radius 3 is 1.42 bits per heavy atom. The number of phenolic OH excluding ortho intramolecular Hbond substituents is 2. The van der Waals surface area contributed by atoms with Crippen LogP contribution in [0.3, 0.4) is 0 Å². The number of nitrogens with zero attached hydrogens (tertiary/aromatic N) is 7. The van der Waals surface area contributed by atoms with Gasteiger partial charge in [0.25, 0.3) is 5.69 Å². The van der Waals surface area contributed by atoms with Crippen molar-refractivity contribution >= 4 is 113 Å². The van der Waals surface area contributed by atoms with E-state index in [2.05, 4.69) is 30.7 Å². The predicted octanol–water partition coefficient (Wildman–Crippen LogP) is -4.98. The van der Waals surface area contributed by atoms with Gasteiger partial charge in [-0.25, -0.2) is 33.7 Å². The van der Waals surface area contributed by atoms with Crippen molar-refractivity contribution in [1.82, 2.24) is 0 Å². The van der Waals surface area contributed by atoms with Crippen LogP contribution < -0.4 is 130 Å². The van der Waals surface area contributed by atoms with Crippen LogP contribution in [0.1, 0.15) is 0 Å². The van der Waals surface area contributed by atoms with Gasteiger partial charge in [0.05, 0.1) is 41.6 Å². The van der Waals surface area contributed by atoms with Crippen LogP contribution in [0.15, 0.2) is 153 Å². The number of non-ortho nitro benzene ring substituents is 1. The van der Waals surface area contributed by atoms with Gasteiger partial charge in [0.2, 0.25) is 0 Å². The maximum atomic E-state index is 12.5. The fourth-order valence-corrected chi connectivity index (χ4v) is 8.86. The second-order valence-electron chi connectivity index (χ2n) is 13.8. The van der Waals surface area contributed by atoms with Crippen molar-refractivity contribution in [3.05, 3.63) is 113 Å². The number of hydrogen-bond donors (Lipinski definition) is 4. The first-order valence-electron chi connectivity index (χ1n) is 18.0. The number of benzene rings is 7. The van der Waals surface area contributed by atoms with E-state index in [0.717, 1.165) is 30.3 Å². The number of azo groups is 3. The van der Waals surface area contributed by atoms with E-state index in [1.54, 1.807) is 24.3 Å². The first-order valence-corrected chi connectivity index (χ1v) is 23.6. The Balaban J connectivity index is 0.00000333. The van der Waals surface area contributed by atoms with E-state index in [1.807, 2.05) is 0 Å². The van der Waals surface area contributed by atoms with E-state index in [0.29, 0.717) is 23.3 Å². The van der Waals surface area contributed by atoms with Gasteiger partial charge in [0, 0.05) is 34.0 Å². The second kappa shape index (κ2) is 23.5. The second-order valence-corrected chi connectivity index (χ2v) is 19.2. The number of nitro benzene ring substituents is 1. The molecule has 344 valence electrons. The van der Waals surface area contributed by atoms with Crippen molar-refractivity contribution in [2.45, 2.75) is 19.6 Å². The number of hydrogen-bond acceptors (Lipinski definition) is 24. The molecule has 0 aliphatic heterocycles. The molecule has 0 heterocycles. The van der Waals surface area contributed by atoms with Gasteiger partial charge in [-0.15, -0.1) is 20.5 Å². The molecule has 0 bridgehead atoms. The molecule has 0 saturated carbocycles. The molecule has 7 aromatic carbocycles. The van der Waals surface area contributed by atoms with Crippen molar-refractivity contribution in [1.29, 1.82) is 0 Å². The number of rotatable bonds is 12. The van der Waals surface area contributed by atoms with Gasteiger partial charge in [-0.2, -0.15) is 10.2 Å². The zero-order valence-corrected chi connectivity index (χ0v) is 48.1. The normalized spacial score (nSPS) is 12.1. The third-order valence-electron chi connectivity index (χ3n) is 9.50. The minimum Gasteiger partial charge on any atom is -0.744 e. The molecule has 0 fully saturated rings. The molecule has 0 saturated heterocycles. The van der Waals surface area contributed by atoms with Crippen LogP contribution in [-0.4, -0.2) is 67.0 Å². The zero-order chi connectivity index (χ0) is 49.0. The van der Waals surface area contributed by atoms with E-state index in [1.165, 1.54) is 36.4 Å². The van der Waals surface area contributed by atoms with Crippen molar-refractivity contribution in [3.8, 4) is 22.6 Å². The monoisotopic (exact) mass is 1080 g/mol. The molecule has 7 aromatic rings. The molecule has 7 rings (SSSR count). The SMILES string of the molecule is Nc1ccc2c(O)c(N=Nc3ccc(-c4ccc(N=Nc5c(S(=O)(=O)[O-])cc6cc(S(=O)(=O)[O-])cc(N)c6c5O)cc4)cc3)c(S(=O)(=O)[O-])cc2c1N=Nc1ccc([N+](=O)[O-])cc1S(=O)(=O)[O-].[Na+].[Na+].[Na+].[Na+]. The summed E-state index contributed by atoms with van der Waals surface area (Å²) >= 11 is 0. The number of phenols is 2. The standard InChI is InChI=1S/C38H27N9O16S4.4Na/c39-27-11-10-25-26(34(27)44-43-29-12-9-23(47(50)51)15-30(29)65(55,56)57)17-32(67(61,62)63)35(37(25)48)45-41-21-5-1-18(2-6-21)19-3-7-22(8-4-19)42-46-36-31(66(58,59)60)14-20-13-24(64(52,53)54)16-28(40)33(20)38(36)49;;;;/h1-17,48-49H,39-40H2,(H,52,53,54)(H,55,56,57)(H,58,59,60)(H,61,62,63);;;;/q;4*+1/p-4. The Kier molecular flexibility index (Phi) is 20.4. The average Bonchev–Trinajstić information content (AvgIpc) is 3.24. The fourth-order valence-electron chi connectivity index (χ4n) is 6.40. The molecule has 71 heavy (non-hydrogen) atoms. The largest absolute Gasteiger partial charge is 1.00 e. The molecule has 0 aliphatic rings. The van der Waals surface area contributed by atoms with E-state index in [9.17, 15) is 72.2 Å². The van der Waals surface area contributed by atoms with Gasteiger partial charge in [-0.1, -0.05) is 24.3 Å². The van der Waals surface area contributed by atoms with Crippen LogP contribution in [0.5, 0.6) is 11.5 Å². The van der Waals surface area contributed by atoms with Crippen molar-refractivity contribution in [3.63, 3.8) is 0 Å². The maximum absolute atomic E-state index is 12.5. The van der Waals surface area contributed by atoms with Gasteiger partial charge in [0.15, 0.2) is 11.5 Å². The Hall–Kier alpha value is -3.90. The first kappa shape index (κ1) is 61.4. The Bertz CT molecular complexity index is 3840. The van der Waals surface area contributed by atoms with E-state index < -0.39 is 111 Å². The van der Waals surface area contributed by atoms with Crippen molar-refractivity contribution in [2.24, 2.45) is 30.7 Å². The summed E-state index contributed by atoms with van der Waals surface area (Å²) in [6.45, 7) is 0. The van der Waals surface area contributed by atoms with Crippen LogP contribution in [0, 0.1) is 10.1 Å². The molecule has 25 nitrogen and oxygen atoms in total. The first-order chi connectivity index (χ1) is 31.2. The van der Waals surface area contributed by atoms with Crippen molar-refractivity contribution < 1.29 is 185 Å². The number of nitrogen functional groups attached to an aromatic ring is 2. The van der Waals surface area contributed by atoms with Crippen LogP contribution in [0.25, 0.3) is 32.7 Å². The number of nitro groups is 1. The van der Waals surface area contributed by atoms with Gasteiger partial charge in [0.1, 0.15) is 63.2 Å². The predicted molar refractivity (Wildman–Crippen MR) is 229 cm³/mol. The van der Waals surface area contributed by atoms with Crippen molar-refractivity contribution in [2.75, 3.05) is 11.5 Å². The summed E-state index contributed by atoms with van der Waals surface area (Å²) < 4.78 is 144. The molecule has 0 radical (unpaired) electrons. The van der Waals surface area contributed by atoms with E-state index in [4.69, 9.17) is 11.5 Å². The summed E-state index contributed by atoms with van der Waals surface area (Å²) in [4.78, 5) is 6.07. The minimum atomic E-state index is -5.44. The minimum absolute atomic E-state index is 0.